The van der Waals surface area contributed by atoms with E-state index >= 15 is 0 Å². The topological polar surface area (TPSA) is 38.5 Å². The Morgan fingerprint density at radius 2 is 2.14 bits per heavy atom. The van der Waals surface area contributed by atoms with Crippen LogP contribution in [0.2, 0.25) is 0 Å². The van der Waals surface area contributed by atoms with E-state index in [4.69, 9.17) is 10.5 Å². The van der Waals surface area contributed by atoms with Crippen molar-refractivity contribution in [3.8, 4) is 5.75 Å². The van der Waals surface area contributed by atoms with Gasteiger partial charge in [0.15, 0.2) is 0 Å². The number of hydrogen-bond acceptors (Lipinski definition) is 3. The monoisotopic (exact) mass is 352 g/mol. The van der Waals surface area contributed by atoms with Gasteiger partial charge in [-0.3, -0.25) is 0 Å². The quantitative estimate of drug-likeness (QED) is 0.833. The van der Waals surface area contributed by atoms with Gasteiger partial charge < -0.3 is 15.4 Å². The van der Waals surface area contributed by atoms with Crippen molar-refractivity contribution in [2.24, 2.45) is 5.73 Å². The van der Waals surface area contributed by atoms with Crippen LogP contribution in [-0.4, -0.2) is 29.6 Å². The number of rotatable bonds is 1. The van der Waals surface area contributed by atoms with Crippen molar-refractivity contribution in [1.29, 1.82) is 0 Å². The summed E-state index contributed by atoms with van der Waals surface area (Å²) in [6.45, 7) is 6.83. The molecular formula is C17H25BrN2O. The molecule has 3 nitrogen and oxygen atoms in total. The van der Waals surface area contributed by atoms with Crippen molar-refractivity contribution in [2.75, 3.05) is 13.1 Å². The van der Waals surface area contributed by atoms with E-state index < -0.39 is 0 Å². The van der Waals surface area contributed by atoms with Crippen LogP contribution in [-0.2, 0) is 0 Å². The fraction of sp³-hybridized carbons (Fsp3) is 0.647. The molecule has 2 heterocycles. The number of nitrogens with two attached hydrogens (primary N) is 1. The lowest BCUT2D eigenvalue weighted by Gasteiger charge is -2.41. The molecule has 1 aromatic carbocycles. The predicted molar refractivity (Wildman–Crippen MR) is 89.6 cm³/mol. The Balaban J connectivity index is 1.82. The lowest BCUT2D eigenvalue weighted by atomic mass is 9.82. The van der Waals surface area contributed by atoms with Crippen molar-refractivity contribution in [1.82, 2.24) is 4.90 Å². The SMILES string of the molecule is CC(C)N1CCCC2(CC1)C[C@@H](N)c1cc(Br)ccc1O2. The smallest absolute Gasteiger partial charge is 0.124 e. The third-order valence-electron chi connectivity index (χ3n) is 4.95. The van der Waals surface area contributed by atoms with Gasteiger partial charge in [-0.1, -0.05) is 15.9 Å². The molecule has 2 aliphatic rings. The van der Waals surface area contributed by atoms with Crippen LogP contribution in [0.3, 0.4) is 0 Å². The first-order valence-electron chi connectivity index (χ1n) is 7.97. The van der Waals surface area contributed by atoms with Crippen LogP contribution in [0.25, 0.3) is 0 Å². The highest BCUT2D eigenvalue weighted by molar-refractivity contribution is 9.10. The largest absolute Gasteiger partial charge is 0.487 e. The Bertz CT molecular complexity index is 520. The fourth-order valence-electron chi connectivity index (χ4n) is 3.70. The minimum atomic E-state index is -0.0656. The summed E-state index contributed by atoms with van der Waals surface area (Å²) in [7, 11) is 0. The summed E-state index contributed by atoms with van der Waals surface area (Å²) in [6, 6.07) is 6.90. The van der Waals surface area contributed by atoms with E-state index in [0.29, 0.717) is 6.04 Å². The van der Waals surface area contributed by atoms with E-state index in [0.717, 1.165) is 41.6 Å². The molecule has 116 valence electrons. The van der Waals surface area contributed by atoms with Crippen molar-refractivity contribution < 1.29 is 4.74 Å². The first kappa shape index (κ1) is 15.3. The van der Waals surface area contributed by atoms with Crippen molar-refractivity contribution in [3.63, 3.8) is 0 Å². The third kappa shape index (κ3) is 3.13. The van der Waals surface area contributed by atoms with Gasteiger partial charge in [-0.2, -0.15) is 0 Å². The zero-order valence-corrected chi connectivity index (χ0v) is 14.5. The molecule has 0 radical (unpaired) electrons. The Hall–Kier alpha value is -0.580. The maximum Gasteiger partial charge on any atom is 0.124 e. The number of nitrogens with zero attached hydrogens (tertiary/aromatic N) is 1. The second-order valence-corrected chi connectivity index (χ2v) is 7.68. The summed E-state index contributed by atoms with van der Waals surface area (Å²) in [5.41, 5.74) is 7.53. The van der Waals surface area contributed by atoms with E-state index in [1.165, 1.54) is 13.0 Å². The molecule has 1 aromatic rings. The van der Waals surface area contributed by atoms with Gasteiger partial charge in [0.25, 0.3) is 0 Å². The molecule has 1 saturated heterocycles. The number of benzene rings is 1. The molecule has 1 unspecified atom stereocenters. The van der Waals surface area contributed by atoms with Crippen LogP contribution in [0.5, 0.6) is 5.75 Å². The molecule has 3 rings (SSSR count). The molecule has 2 N–H and O–H groups in total. The zero-order valence-electron chi connectivity index (χ0n) is 12.9. The van der Waals surface area contributed by atoms with Gasteiger partial charge in [-0.15, -0.1) is 0 Å². The lowest BCUT2D eigenvalue weighted by molar-refractivity contribution is 0.0210. The average molecular weight is 353 g/mol. The molecule has 0 bridgehead atoms. The van der Waals surface area contributed by atoms with Crippen LogP contribution in [0, 0.1) is 0 Å². The Morgan fingerprint density at radius 3 is 2.90 bits per heavy atom. The Kier molecular flexibility index (Phi) is 4.30. The molecule has 4 heteroatoms. The van der Waals surface area contributed by atoms with Gasteiger partial charge in [0, 0.05) is 35.1 Å². The number of halogens is 1. The minimum Gasteiger partial charge on any atom is -0.487 e. The predicted octanol–water partition coefficient (Wildman–Crippen LogP) is 3.86. The lowest BCUT2D eigenvalue weighted by Crippen LogP contribution is -2.44. The number of ether oxygens (including phenoxy) is 1. The van der Waals surface area contributed by atoms with Gasteiger partial charge in [-0.25, -0.2) is 0 Å². The Morgan fingerprint density at radius 1 is 1.33 bits per heavy atom. The molecule has 1 spiro atoms. The standard InChI is InChI=1S/C17H25BrN2O/c1-12(2)20-8-3-6-17(7-9-20)11-15(19)14-10-13(18)4-5-16(14)21-17/h4-5,10,12,15H,3,6-9,11,19H2,1-2H3/t15-,17?/m1/s1. The van der Waals surface area contributed by atoms with E-state index in [9.17, 15) is 0 Å². The molecule has 0 amide bonds. The van der Waals surface area contributed by atoms with Crippen LogP contribution in [0.1, 0.15) is 51.1 Å². The van der Waals surface area contributed by atoms with E-state index in [1.54, 1.807) is 0 Å². The number of hydrogen-bond donors (Lipinski definition) is 1. The summed E-state index contributed by atoms with van der Waals surface area (Å²) in [5, 5.41) is 0. The molecule has 21 heavy (non-hydrogen) atoms. The second kappa shape index (κ2) is 5.90. The zero-order chi connectivity index (χ0) is 15.0. The summed E-state index contributed by atoms with van der Waals surface area (Å²) < 4.78 is 7.54. The summed E-state index contributed by atoms with van der Waals surface area (Å²) in [6.07, 6.45) is 4.31. The number of likely N-dealkylation sites (tertiary alicyclic amines) is 1. The van der Waals surface area contributed by atoms with E-state index in [1.807, 2.05) is 6.07 Å². The maximum absolute atomic E-state index is 6.47. The highest BCUT2D eigenvalue weighted by Gasteiger charge is 2.41. The van der Waals surface area contributed by atoms with Crippen LogP contribution in [0.15, 0.2) is 22.7 Å². The summed E-state index contributed by atoms with van der Waals surface area (Å²) >= 11 is 3.52. The first-order chi connectivity index (χ1) is 9.99. The molecule has 0 aliphatic carbocycles. The highest BCUT2D eigenvalue weighted by Crippen LogP contribution is 2.44. The van der Waals surface area contributed by atoms with E-state index in [-0.39, 0.29) is 11.6 Å². The molecule has 0 saturated carbocycles. The highest BCUT2D eigenvalue weighted by atomic mass is 79.9. The number of fused-ring (bicyclic) bond motifs is 1. The minimum absolute atomic E-state index is 0.0656. The summed E-state index contributed by atoms with van der Waals surface area (Å²) in [5.74, 6) is 0.981. The van der Waals surface area contributed by atoms with Crippen molar-refractivity contribution in [2.45, 2.75) is 57.2 Å². The summed E-state index contributed by atoms with van der Waals surface area (Å²) in [4.78, 5) is 2.56. The second-order valence-electron chi connectivity index (χ2n) is 6.76. The van der Waals surface area contributed by atoms with Gasteiger partial charge in [0.2, 0.25) is 0 Å². The molecule has 0 aromatic heterocycles. The fourth-order valence-corrected chi connectivity index (χ4v) is 4.08. The average Bonchev–Trinajstić information content (AvgIpc) is 2.63. The van der Waals surface area contributed by atoms with Crippen LogP contribution in [0.4, 0.5) is 0 Å². The molecular weight excluding hydrogens is 328 g/mol. The normalized spacial score (nSPS) is 30.0. The van der Waals surface area contributed by atoms with Gasteiger partial charge in [-0.05, 0) is 57.9 Å². The third-order valence-corrected chi connectivity index (χ3v) is 5.45. The Labute approximate surface area is 136 Å². The maximum atomic E-state index is 6.47. The van der Waals surface area contributed by atoms with Crippen LogP contribution < -0.4 is 10.5 Å². The van der Waals surface area contributed by atoms with Gasteiger partial charge >= 0.3 is 0 Å². The van der Waals surface area contributed by atoms with Crippen molar-refractivity contribution >= 4 is 15.9 Å². The first-order valence-corrected chi connectivity index (χ1v) is 8.76. The molecule has 2 atom stereocenters. The van der Waals surface area contributed by atoms with Gasteiger partial charge in [0.05, 0.1) is 0 Å². The van der Waals surface area contributed by atoms with Crippen molar-refractivity contribution in [3.05, 3.63) is 28.2 Å². The van der Waals surface area contributed by atoms with Gasteiger partial charge in [0.1, 0.15) is 11.4 Å². The van der Waals surface area contributed by atoms with E-state index in [2.05, 4.69) is 46.8 Å². The molecule has 2 aliphatic heterocycles. The molecule has 1 fully saturated rings. The van der Waals surface area contributed by atoms with Crippen LogP contribution >= 0.6 is 15.9 Å².